The summed E-state index contributed by atoms with van der Waals surface area (Å²) in [5.74, 6) is 0.604. The van der Waals surface area contributed by atoms with Crippen molar-refractivity contribution >= 4 is 10.9 Å². The molecule has 19 heavy (non-hydrogen) atoms. The molecule has 0 saturated carbocycles. The van der Waals surface area contributed by atoms with Crippen LogP contribution in [0.15, 0.2) is 45.9 Å². The van der Waals surface area contributed by atoms with Crippen molar-refractivity contribution in [3.05, 3.63) is 58.5 Å². The third kappa shape index (κ3) is 2.53. The van der Waals surface area contributed by atoms with Gasteiger partial charge in [0.25, 0.3) is 5.56 Å². The molecule has 2 aromatic heterocycles. The van der Waals surface area contributed by atoms with Crippen molar-refractivity contribution < 1.29 is 4.52 Å². The van der Waals surface area contributed by atoms with Crippen LogP contribution in [0.2, 0.25) is 0 Å². The lowest BCUT2D eigenvalue weighted by atomic mass is 10.2. The van der Waals surface area contributed by atoms with Crippen LogP contribution in [0, 0.1) is 0 Å². The Morgan fingerprint density at radius 2 is 2.11 bits per heavy atom. The highest BCUT2D eigenvalue weighted by molar-refractivity contribution is 5.77. The topological polar surface area (TPSA) is 83.8 Å². The summed E-state index contributed by atoms with van der Waals surface area (Å²) in [5.41, 5.74) is 1.39. The third-order valence-electron chi connectivity index (χ3n) is 2.75. The van der Waals surface area contributed by atoms with Gasteiger partial charge in [0.15, 0.2) is 0 Å². The van der Waals surface area contributed by atoms with Crippen LogP contribution < -0.4 is 10.9 Å². The molecule has 3 rings (SSSR count). The minimum Gasteiger partial charge on any atom is -0.364 e. The summed E-state index contributed by atoms with van der Waals surface area (Å²) in [7, 11) is 0. The molecular weight excluding hydrogens is 244 g/mol. The van der Waals surface area contributed by atoms with Crippen LogP contribution in [0.3, 0.4) is 0 Å². The number of hydrogen-bond acceptors (Lipinski definition) is 5. The number of benzene rings is 1. The molecule has 0 spiro atoms. The van der Waals surface area contributed by atoms with Crippen LogP contribution in [0.5, 0.6) is 0 Å². The van der Waals surface area contributed by atoms with Crippen molar-refractivity contribution in [1.82, 2.24) is 20.4 Å². The van der Waals surface area contributed by atoms with Gasteiger partial charge >= 0.3 is 0 Å². The maximum Gasteiger partial charge on any atom is 0.258 e. The largest absolute Gasteiger partial charge is 0.364 e. The molecule has 0 radical (unpaired) electrons. The number of nitrogens with zero attached hydrogens (tertiary/aromatic N) is 2. The second-order valence-corrected chi connectivity index (χ2v) is 4.12. The third-order valence-corrected chi connectivity index (χ3v) is 2.75. The van der Waals surface area contributed by atoms with E-state index in [4.69, 9.17) is 4.52 Å². The Kier molecular flexibility index (Phi) is 3.07. The molecule has 0 fully saturated rings. The fraction of sp³-hybridized carbons (Fsp3) is 0.154. The molecule has 0 bridgehead atoms. The molecule has 6 heteroatoms. The van der Waals surface area contributed by atoms with E-state index in [2.05, 4.69) is 20.4 Å². The molecule has 0 amide bonds. The minimum absolute atomic E-state index is 0.121. The van der Waals surface area contributed by atoms with E-state index in [0.29, 0.717) is 29.8 Å². The number of hydrogen-bond donors (Lipinski definition) is 2. The second-order valence-electron chi connectivity index (χ2n) is 4.12. The smallest absolute Gasteiger partial charge is 0.258 e. The van der Waals surface area contributed by atoms with Gasteiger partial charge in [0, 0.05) is 12.6 Å². The minimum atomic E-state index is -0.121. The predicted molar refractivity (Wildman–Crippen MR) is 69.4 cm³/mol. The summed E-state index contributed by atoms with van der Waals surface area (Å²) < 4.78 is 4.73. The van der Waals surface area contributed by atoms with Crippen molar-refractivity contribution in [2.75, 3.05) is 0 Å². The summed E-state index contributed by atoms with van der Waals surface area (Å²) in [4.78, 5) is 19.0. The second kappa shape index (κ2) is 5.03. The Labute approximate surface area is 108 Å². The van der Waals surface area contributed by atoms with E-state index in [1.165, 1.54) is 6.26 Å². The number of fused-ring (bicyclic) bond motifs is 1. The zero-order valence-electron chi connectivity index (χ0n) is 10.1. The molecule has 6 nitrogen and oxygen atoms in total. The van der Waals surface area contributed by atoms with Gasteiger partial charge in [-0.2, -0.15) is 0 Å². The lowest BCUT2D eigenvalue weighted by Gasteiger charge is -2.03. The van der Waals surface area contributed by atoms with Gasteiger partial charge in [-0.1, -0.05) is 17.3 Å². The zero-order valence-corrected chi connectivity index (χ0v) is 10.1. The molecule has 2 heterocycles. The molecule has 96 valence electrons. The zero-order chi connectivity index (χ0) is 13.1. The van der Waals surface area contributed by atoms with Gasteiger partial charge in [0.05, 0.1) is 23.1 Å². The Bertz CT molecular complexity index is 734. The van der Waals surface area contributed by atoms with Crippen LogP contribution in [0.4, 0.5) is 0 Å². The molecule has 0 aliphatic carbocycles. The lowest BCUT2D eigenvalue weighted by molar-refractivity contribution is 0.408. The van der Waals surface area contributed by atoms with Gasteiger partial charge in [-0.25, -0.2) is 4.98 Å². The standard InChI is InChI=1S/C13H12N4O2/c18-13-10-3-1-2-4-11(10)15-12(16-13)8-14-7-9-5-6-19-17-9/h1-6,14H,7-8H2,(H,15,16,18). The van der Waals surface area contributed by atoms with Gasteiger partial charge in [0.2, 0.25) is 0 Å². The van der Waals surface area contributed by atoms with Crippen LogP contribution >= 0.6 is 0 Å². The van der Waals surface area contributed by atoms with Gasteiger partial charge in [-0.05, 0) is 12.1 Å². The first-order chi connectivity index (χ1) is 9.33. The van der Waals surface area contributed by atoms with Crippen molar-refractivity contribution in [3.63, 3.8) is 0 Å². The fourth-order valence-corrected chi connectivity index (χ4v) is 1.86. The Morgan fingerprint density at radius 1 is 1.21 bits per heavy atom. The Balaban J connectivity index is 1.76. The number of aromatic nitrogens is 3. The molecule has 0 aliphatic rings. The van der Waals surface area contributed by atoms with Crippen LogP contribution in [-0.2, 0) is 13.1 Å². The quantitative estimate of drug-likeness (QED) is 0.732. The monoisotopic (exact) mass is 256 g/mol. The van der Waals surface area contributed by atoms with Crippen molar-refractivity contribution in [1.29, 1.82) is 0 Å². The number of H-pyrrole nitrogens is 1. The summed E-state index contributed by atoms with van der Waals surface area (Å²) >= 11 is 0. The highest BCUT2D eigenvalue weighted by Gasteiger charge is 2.03. The van der Waals surface area contributed by atoms with Crippen LogP contribution in [0.25, 0.3) is 10.9 Å². The predicted octanol–water partition coefficient (Wildman–Crippen LogP) is 1.20. The first-order valence-electron chi connectivity index (χ1n) is 5.91. The van der Waals surface area contributed by atoms with E-state index in [9.17, 15) is 4.79 Å². The number of para-hydroxylation sites is 1. The summed E-state index contributed by atoms with van der Waals surface area (Å²) in [6.07, 6.45) is 1.52. The van der Waals surface area contributed by atoms with Gasteiger partial charge in [-0.3, -0.25) is 4.79 Å². The maximum atomic E-state index is 11.8. The molecule has 0 unspecified atom stereocenters. The average Bonchev–Trinajstić information content (AvgIpc) is 2.92. The average molecular weight is 256 g/mol. The van der Waals surface area contributed by atoms with Crippen LogP contribution in [0.1, 0.15) is 11.5 Å². The highest BCUT2D eigenvalue weighted by Crippen LogP contribution is 2.05. The SMILES string of the molecule is O=c1[nH]c(CNCc2ccon2)nc2ccccc12. The fourth-order valence-electron chi connectivity index (χ4n) is 1.86. The van der Waals surface area contributed by atoms with E-state index < -0.39 is 0 Å². The van der Waals surface area contributed by atoms with Crippen molar-refractivity contribution in [2.45, 2.75) is 13.1 Å². The lowest BCUT2D eigenvalue weighted by Crippen LogP contribution is -2.19. The van der Waals surface area contributed by atoms with E-state index >= 15 is 0 Å². The number of rotatable bonds is 4. The summed E-state index contributed by atoms with van der Waals surface area (Å²) in [5, 5.41) is 7.53. The van der Waals surface area contributed by atoms with E-state index in [0.717, 1.165) is 5.69 Å². The first-order valence-corrected chi connectivity index (χ1v) is 5.91. The first kappa shape index (κ1) is 11.6. The van der Waals surface area contributed by atoms with Crippen molar-refractivity contribution in [3.8, 4) is 0 Å². The normalized spacial score (nSPS) is 10.9. The summed E-state index contributed by atoms with van der Waals surface area (Å²) in [6, 6.07) is 9.05. The van der Waals surface area contributed by atoms with Gasteiger partial charge < -0.3 is 14.8 Å². The van der Waals surface area contributed by atoms with E-state index in [1.807, 2.05) is 18.2 Å². The molecule has 3 aromatic rings. The molecular formula is C13H12N4O2. The molecule has 0 atom stereocenters. The molecule has 1 aromatic carbocycles. The Morgan fingerprint density at radius 3 is 2.95 bits per heavy atom. The molecule has 2 N–H and O–H groups in total. The van der Waals surface area contributed by atoms with E-state index in [-0.39, 0.29) is 5.56 Å². The number of aromatic amines is 1. The summed E-state index contributed by atoms with van der Waals surface area (Å²) in [6.45, 7) is 1.03. The van der Waals surface area contributed by atoms with Crippen LogP contribution in [-0.4, -0.2) is 15.1 Å². The molecule has 0 saturated heterocycles. The van der Waals surface area contributed by atoms with Gasteiger partial charge in [0.1, 0.15) is 12.1 Å². The highest BCUT2D eigenvalue weighted by atomic mass is 16.5. The van der Waals surface area contributed by atoms with Gasteiger partial charge in [-0.15, -0.1) is 0 Å². The Hall–Kier alpha value is -2.47. The maximum absolute atomic E-state index is 11.8. The van der Waals surface area contributed by atoms with Crippen molar-refractivity contribution in [2.24, 2.45) is 0 Å². The number of nitrogens with one attached hydrogen (secondary N) is 2. The molecule has 0 aliphatic heterocycles. The van der Waals surface area contributed by atoms with E-state index in [1.54, 1.807) is 12.1 Å².